The molecule has 4 N–H and O–H groups in total. The molecule has 0 radical (unpaired) electrons. The van der Waals surface area contributed by atoms with Gasteiger partial charge in [-0.15, -0.1) is 0 Å². The first kappa shape index (κ1) is 24.8. The Hall–Kier alpha value is -2.53. The van der Waals surface area contributed by atoms with E-state index in [0.717, 1.165) is 7.11 Å². The van der Waals surface area contributed by atoms with Crippen LogP contribution in [-0.2, 0) is 23.9 Å². The lowest BCUT2D eigenvalue weighted by atomic mass is 9.49. The molecule has 0 saturated heterocycles. The minimum Gasteiger partial charge on any atom is -0.472 e. The van der Waals surface area contributed by atoms with Crippen molar-refractivity contribution in [2.24, 2.45) is 34.0 Å². The number of methoxy groups -OCH3 is 1. The van der Waals surface area contributed by atoms with Crippen LogP contribution in [0.1, 0.15) is 51.7 Å². The molecular weight excluding hydrogens is 484 g/mol. The monoisotopic (exact) mass is 516 g/mol. The number of hydrogen-bond donors (Lipinski definition) is 4. The fourth-order valence-electron chi connectivity index (χ4n) is 9.65. The topological polar surface area (TPSA) is 164 Å². The van der Waals surface area contributed by atoms with Gasteiger partial charge in [0.2, 0.25) is 0 Å². The highest BCUT2D eigenvalue weighted by Gasteiger charge is 2.88. The van der Waals surface area contributed by atoms with E-state index in [-0.39, 0.29) is 12.0 Å². The summed E-state index contributed by atoms with van der Waals surface area (Å²) in [5.74, 6) is -5.82. The molecule has 10 nitrogen and oxygen atoms in total. The molecule has 1 aliphatic heterocycles. The van der Waals surface area contributed by atoms with Gasteiger partial charge >= 0.3 is 11.9 Å². The molecule has 6 rings (SSSR count). The highest BCUT2D eigenvalue weighted by atomic mass is 16.5. The van der Waals surface area contributed by atoms with Crippen molar-refractivity contribution in [2.75, 3.05) is 7.11 Å². The number of ether oxygens (including phenoxy) is 2. The van der Waals surface area contributed by atoms with E-state index in [1.807, 2.05) is 6.92 Å². The summed E-state index contributed by atoms with van der Waals surface area (Å²) in [6.07, 6.45) is 0.493. The first-order valence-corrected chi connectivity index (χ1v) is 12.6. The molecule has 0 spiro atoms. The Morgan fingerprint density at radius 1 is 1.22 bits per heavy atom. The zero-order valence-electron chi connectivity index (χ0n) is 21.1. The summed E-state index contributed by atoms with van der Waals surface area (Å²) < 4.78 is 15.7. The molecule has 1 aromatic heterocycles. The Labute approximate surface area is 213 Å². The van der Waals surface area contributed by atoms with Crippen LogP contribution in [0.5, 0.6) is 0 Å². The van der Waals surface area contributed by atoms with Crippen LogP contribution in [0.25, 0.3) is 0 Å². The maximum absolute atomic E-state index is 13.9. The predicted molar refractivity (Wildman–Crippen MR) is 123 cm³/mol. The molecule has 10 heteroatoms. The summed E-state index contributed by atoms with van der Waals surface area (Å²) in [5, 5.41) is 47.6. The van der Waals surface area contributed by atoms with E-state index in [2.05, 4.69) is 0 Å². The largest absolute Gasteiger partial charge is 0.472 e. The van der Waals surface area contributed by atoms with E-state index in [1.165, 1.54) is 18.6 Å². The van der Waals surface area contributed by atoms with Crippen molar-refractivity contribution in [1.29, 1.82) is 0 Å². The minimum absolute atomic E-state index is 0.120. The highest BCUT2D eigenvalue weighted by Crippen LogP contribution is 2.80. The number of ketones is 1. The smallest absolute Gasteiger partial charge is 0.335 e. The number of cyclic esters (lactones) is 1. The van der Waals surface area contributed by atoms with Gasteiger partial charge in [-0.25, -0.2) is 9.59 Å². The third-order valence-electron chi connectivity index (χ3n) is 11.0. The van der Waals surface area contributed by atoms with Gasteiger partial charge in [0.15, 0.2) is 11.9 Å². The van der Waals surface area contributed by atoms with Gasteiger partial charge in [0, 0.05) is 39.7 Å². The Kier molecular flexibility index (Phi) is 4.76. The van der Waals surface area contributed by atoms with Gasteiger partial charge < -0.3 is 34.3 Å². The van der Waals surface area contributed by atoms with Crippen molar-refractivity contribution in [3.05, 3.63) is 35.8 Å². The zero-order chi connectivity index (χ0) is 26.9. The number of carbonyl (C=O) groups is 3. The minimum atomic E-state index is -2.04. The van der Waals surface area contributed by atoms with Gasteiger partial charge in [-0.1, -0.05) is 20.8 Å². The number of aliphatic hydroxyl groups excluding tert-OH is 2. The molecule has 200 valence electrons. The Balaban J connectivity index is 1.59. The van der Waals surface area contributed by atoms with Gasteiger partial charge in [-0.05, 0) is 30.9 Å². The Morgan fingerprint density at radius 2 is 1.92 bits per heavy atom. The van der Waals surface area contributed by atoms with Crippen molar-refractivity contribution in [2.45, 2.75) is 69.5 Å². The third kappa shape index (κ3) is 2.49. The second kappa shape index (κ2) is 7.11. The number of hydrogen-bond acceptors (Lipinski definition) is 10. The number of esters is 2. The number of rotatable bonds is 3. The van der Waals surface area contributed by atoms with E-state index >= 15 is 0 Å². The van der Waals surface area contributed by atoms with E-state index in [9.17, 15) is 34.8 Å². The van der Waals surface area contributed by atoms with Crippen LogP contribution in [0, 0.1) is 34.0 Å². The molecule has 0 unspecified atom stereocenters. The second-order valence-corrected chi connectivity index (χ2v) is 12.3. The Bertz CT molecular complexity index is 1240. The molecular formula is C27H32O10. The van der Waals surface area contributed by atoms with Crippen molar-refractivity contribution < 1.29 is 48.7 Å². The van der Waals surface area contributed by atoms with Crippen LogP contribution < -0.4 is 0 Å². The first-order chi connectivity index (χ1) is 17.2. The summed E-state index contributed by atoms with van der Waals surface area (Å²) in [7, 11) is 1.13. The van der Waals surface area contributed by atoms with Crippen LogP contribution in [-0.4, -0.2) is 68.7 Å². The predicted octanol–water partition coefficient (Wildman–Crippen LogP) is 0.822. The molecule has 4 fully saturated rings. The molecule has 0 amide bonds. The molecule has 2 heterocycles. The summed E-state index contributed by atoms with van der Waals surface area (Å²) in [5.41, 5.74) is -6.72. The standard InChI is InChI=1S/C27H32O10/c1-23-7-5-13-25(3)18(17(30)22(32)35-4)24(2)11-26(25,33)19(16(29)20(24)31)27(13,34)14(23)9-15(28)37-21(23)12-6-8-36-10-12/h6,8-10,13,17-21,30-31,33-34H,5,7,11H2,1-4H3/t13-,17+,18+,19-,20-,21+,23-,24-,25-,26+,27-/m1/s1. The van der Waals surface area contributed by atoms with Gasteiger partial charge in [0.05, 0.1) is 31.2 Å². The molecule has 4 saturated carbocycles. The Morgan fingerprint density at radius 3 is 2.54 bits per heavy atom. The fraction of sp³-hybridized carbons (Fsp3) is 0.667. The molecule has 4 aliphatic carbocycles. The van der Waals surface area contributed by atoms with Crippen LogP contribution >= 0.6 is 0 Å². The van der Waals surface area contributed by atoms with Crippen LogP contribution in [0.4, 0.5) is 0 Å². The number of aliphatic hydroxyl groups is 4. The summed E-state index contributed by atoms with van der Waals surface area (Å²) in [4.78, 5) is 39.4. The van der Waals surface area contributed by atoms with Crippen molar-refractivity contribution in [3.63, 3.8) is 0 Å². The number of carbonyl (C=O) groups excluding carboxylic acids is 3. The van der Waals surface area contributed by atoms with Gasteiger partial charge in [0.1, 0.15) is 17.8 Å². The van der Waals surface area contributed by atoms with Gasteiger partial charge in [-0.3, -0.25) is 4.79 Å². The summed E-state index contributed by atoms with van der Waals surface area (Å²) >= 11 is 0. The third-order valence-corrected chi connectivity index (χ3v) is 11.0. The molecule has 11 atom stereocenters. The van der Waals surface area contributed by atoms with E-state index in [1.54, 1.807) is 19.9 Å². The van der Waals surface area contributed by atoms with Crippen LogP contribution in [0.3, 0.4) is 0 Å². The SMILES string of the molecule is COC(=O)[C@@H](O)[C@H]1[C@@]2(C)C[C@]3(O)[C@@H](C(=O)[C@H]2O)[C@]2(O)C4=CC(=O)O[C@@H](c5ccoc5)[C@]4(C)CC[C@@H]2[C@]13C. The maximum Gasteiger partial charge on any atom is 0.335 e. The average molecular weight is 517 g/mol. The summed E-state index contributed by atoms with van der Waals surface area (Å²) in [6.45, 7) is 5.10. The van der Waals surface area contributed by atoms with Crippen molar-refractivity contribution in [3.8, 4) is 0 Å². The lowest BCUT2D eigenvalue weighted by Gasteiger charge is -2.58. The highest BCUT2D eigenvalue weighted by molar-refractivity contribution is 5.94. The first-order valence-electron chi connectivity index (χ1n) is 12.6. The van der Waals surface area contributed by atoms with E-state index in [0.29, 0.717) is 18.4 Å². The van der Waals surface area contributed by atoms with Gasteiger partial charge in [0.25, 0.3) is 0 Å². The van der Waals surface area contributed by atoms with Crippen molar-refractivity contribution >= 4 is 17.7 Å². The molecule has 37 heavy (non-hydrogen) atoms. The molecule has 1 aromatic rings. The average Bonchev–Trinajstić information content (AvgIpc) is 3.45. The normalized spacial score (nSPS) is 50.6. The fourth-order valence-corrected chi connectivity index (χ4v) is 9.65. The number of furan rings is 1. The van der Waals surface area contributed by atoms with Gasteiger partial charge in [-0.2, -0.15) is 0 Å². The van der Waals surface area contributed by atoms with Crippen molar-refractivity contribution in [1.82, 2.24) is 0 Å². The number of fused-ring (bicyclic) bond motifs is 6. The zero-order valence-corrected chi connectivity index (χ0v) is 21.1. The molecule has 2 bridgehead atoms. The van der Waals surface area contributed by atoms with E-state index in [4.69, 9.17) is 13.9 Å². The van der Waals surface area contributed by atoms with Crippen LogP contribution in [0.15, 0.2) is 34.7 Å². The molecule has 5 aliphatic rings. The number of Topliss-reactive ketones (excluding diaryl/α,β-unsaturated/α-hetero) is 1. The molecule has 0 aromatic carbocycles. The maximum atomic E-state index is 13.9. The second-order valence-electron chi connectivity index (χ2n) is 12.3. The van der Waals surface area contributed by atoms with E-state index < -0.39 is 81.2 Å². The van der Waals surface area contributed by atoms with Crippen LogP contribution in [0.2, 0.25) is 0 Å². The lowest BCUT2D eigenvalue weighted by molar-refractivity contribution is -0.189. The summed E-state index contributed by atoms with van der Waals surface area (Å²) in [6, 6.07) is 1.67. The lowest BCUT2D eigenvalue weighted by Crippen LogP contribution is -2.65. The quantitative estimate of drug-likeness (QED) is 0.423.